The number of piperidine rings is 1. The Kier molecular flexibility index (Phi) is 7.15. The van der Waals surface area contributed by atoms with E-state index in [4.69, 9.17) is 9.47 Å². The molecule has 2 atom stereocenters. The lowest BCUT2D eigenvalue weighted by Gasteiger charge is -2.23. The Labute approximate surface area is 143 Å². The van der Waals surface area contributed by atoms with Crippen LogP contribution in [0.25, 0.3) is 0 Å². The molecule has 2 N–H and O–H groups in total. The van der Waals surface area contributed by atoms with Crippen molar-refractivity contribution in [2.45, 2.75) is 37.8 Å². The Morgan fingerprint density at radius 2 is 2.26 bits per heavy atom. The van der Waals surface area contributed by atoms with E-state index in [1.807, 2.05) is 18.2 Å². The van der Waals surface area contributed by atoms with Crippen molar-refractivity contribution in [3.05, 3.63) is 29.8 Å². The highest BCUT2D eigenvalue weighted by Crippen LogP contribution is 2.17. The van der Waals surface area contributed by atoms with Gasteiger partial charge in [-0.2, -0.15) is 0 Å². The zero-order valence-electron chi connectivity index (χ0n) is 13.3. The van der Waals surface area contributed by atoms with E-state index < -0.39 is 0 Å². The monoisotopic (exact) mass is 340 g/mol. The molecule has 1 aromatic carbocycles. The van der Waals surface area contributed by atoms with Crippen molar-refractivity contribution >= 4 is 18.3 Å². The smallest absolute Gasteiger partial charge is 0.251 e. The molecule has 2 aliphatic heterocycles. The standard InChI is InChI=1S/C17H24N2O3.ClH/c20-17(19-14-5-2-8-18-11-14)13-4-1-6-15(10-13)22-12-16-7-3-9-21-16;/h1,4,6,10,14,16,18H,2-3,5,7-9,11-12H2,(H,19,20);1H/t14-,16?;/m0./s1. The molecule has 23 heavy (non-hydrogen) atoms. The first kappa shape index (κ1) is 18.0. The second kappa shape index (κ2) is 9.11. The van der Waals surface area contributed by atoms with Gasteiger partial charge in [-0.1, -0.05) is 6.07 Å². The van der Waals surface area contributed by atoms with Gasteiger partial charge in [-0.15, -0.1) is 12.4 Å². The lowest BCUT2D eigenvalue weighted by molar-refractivity contribution is 0.0679. The average Bonchev–Trinajstić information content (AvgIpc) is 3.08. The highest BCUT2D eigenvalue weighted by molar-refractivity contribution is 5.94. The predicted octanol–water partition coefficient (Wildman–Crippen LogP) is 2.15. The summed E-state index contributed by atoms with van der Waals surface area (Å²) in [6.45, 7) is 3.27. The van der Waals surface area contributed by atoms with Crippen LogP contribution in [0.1, 0.15) is 36.0 Å². The number of carbonyl (C=O) groups excluding carboxylic acids is 1. The summed E-state index contributed by atoms with van der Waals surface area (Å²) in [5, 5.41) is 6.38. The van der Waals surface area contributed by atoms with Crippen molar-refractivity contribution in [2.24, 2.45) is 0 Å². The summed E-state index contributed by atoms with van der Waals surface area (Å²) < 4.78 is 11.3. The molecular weight excluding hydrogens is 316 g/mol. The number of carbonyl (C=O) groups is 1. The molecule has 0 saturated carbocycles. The molecule has 1 amide bonds. The summed E-state index contributed by atoms with van der Waals surface area (Å²) in [5.74, 6) is 0.696. The second-order valence-corrected chi connectivity index (χ2v) is 5.99. The van der Waals surface area contributed by atoms with E-state index in [1.54, 1.807) is 6.07 Å². The van der Waals surface area contributed by atoms with E-state index in [1.165, 1.54) is 0 Å². The van der Waals surface area contributed by atoms with Crippen LogP contribution < -0.4 is 15.4 Å². The topological polar surface area (TPSA) is 59.6 Å². The molecule has 128 valence electrons. The van der Waals surface area contributed by atoms with Crippen LogP contribution in [-0.2, 0) is 4.74 Å². The molecule has 0 aliphatic carbocycles. The van der Waals surface area contributed by atoms with Gasteiger partial charge >= 0.3 is 0 Å². The van der Waals surface area contributed by atoms with Crippen molar-refractivity contribution in [3.63, 3.8) is 0 Å². The minimum Gasteiger partial charge on any atom is -0.491 e. The second-order valence-electron chi connectivity index (χ2n) is 5.99. The predicted molar refractivity (Wildman–Crippen MR) is 91.5 cm³/mol. The number of amides is 1. The summed E-state index contributed by atoms with van der Waals surface area (Å²) in [6.07, 6.45) is 4.48. The highest BCUT2D eigenvalue weighted by atomic mass is 35.5. The minimum atomic E-state index is -0.0312. The van der Waals surface area contributed by atoms with Crippen LogP contribution in [0.5, 0.6) is 5.75 Å². The maximum atomic E-state index is 12.3. The van der Waals surface area contributed by atoms with Crippen LogP contribution in [0.15, 0.2) is 24.3 Å². The zero-order chi connectivity index (χ0) is 15.2. The van der Waals surface area contributed by atoms with Crippen LogP contribution in [0, 0.1) is 0 Å². The van der Waals surface area contributed by atoms with Gasteiger partial charge in [0.1, 0.15) is 12.4 Å². The average molecular weight is 341 g/mol. The summed E-state index contributed by atoms with van der Waals surface area (Å²) in [4.78, 5) is 12.3. The molecule has 3 rings (SSSR count). The van der Waals surface area contributed by atoms with E-state index in [0.29, 0.717) is 12.2 Å². The summed E-state index contributed by atoms with van der Waals surface area (Å²) >= 11 is 0. The van der Waals surface area contributed by atoms with Gasteiger partial charge in [-0.05, 0) is 50.4 Å². The van der Waals surface area contributed by atoms with Crippen LogP contribution in [0.3, 0.4) is 0 Å². The molecular formula is C17H25ClN2O3. The molecule has 2 aliphatic rings. The number of hydrogen-bond acceptors (Lipinski definition) is 4. The third kappa shape index (κ3) is 5.37. The first-order valence-corrected chi connectivity index (χ1v) is 8.17. The number of benzene rings is 1. The fraction of sp³-hybridized carbons (Fsp3) is 0.588. The Morgan fingerprint density at radius 3 is 3.00 bits per heavy atom. The molecule has 1 unspecified atom stereocenters. The normalized spacial score (nSPS) is 23.8. The van der Waals surface area contributed by atoms with E-state index in [-0.39, 0.29) is 30.5 Å². The number of hydrogen-bond donors (Lipinski definition) is 2. The van der Waals surface area contributed by atoms with E-state index in [9.17, 15) is 4.79 Å². The van der Waals surface area contributed by atoms with Crippen molar-refractivity contribution in [3.8, 4) is 5.75 Å². The molecule has 2 fully saturated rings. The van der Waals surface area contributed by atoms with Gasteiger partial charge in [0.25, 0.3) is 5.91 Å². The van der Waals surface area contributed by atoms with Gasteiger partial charge in [0.2, 0.25) is 0 Å². The van der Waals surface area contributed by atoms with E-state index >= 15 is 0 Å². The number of rotatable bonds is 5. The van der Waals surface area contributed by atoms with Crippen molar-refractivity contribution in [1.82, 2.24) is 10.6 Å². The summed E-state index contributed by atoms with van der Waals surface area (Å²) in [6, 6.07) is 7.59. The van der Waals surface area contributed by atoms with Crippen LogP contribution in [0.2, 0.25) is 0 Å². The number of ether oxygens (including phenoxy) is 2. The number of halogens is 1. The summed E-state index contributed by atoms with van der Waals surface area (Å²) in [7, 11) is 0. The molecule has 0 bridgehead atoms. The fourth-order valence-electron chi connectivity index (χ4n) is 2.94. The van der Waals surface area contributed by atoms with Gasteiger partial charge in [-0.3, -0.25) is 4.79 Å². The fourth-order valence-corrected chi connectivity index (χ4v) is 2.94. The van der Waals surface area contributed by atoms with Gasteiger partial charge in [0.15, 0.2) is 0 Å². The third-order valence-corrected chi connectivity index (χ3v) is 4.19. The number of nitrogens with one attached hydrogen (secondary N) is 2. The molecule has 0 radical (unpaired) electrons. The Morgan fingerprint density at radius 1 is 1.35 bits per heavy atom. The maximum absolute atomic E-state index is 12.3. The van der Waals surface area contributed by atoms with Gasteiger partial charge in [-0.25, -0.2) is 0 Å². The van der Waals surface area contributed by atoms with Crippen LogP contribution >= 0.6 is 12.4 Å². The minimum absolute atomic E-state index is 0. The zero-order valence-corrected chi connectivity index (χ0v) is 14.1. The Hall–Kier alpha value is -1.30. The lowest BCUT2D eigenvalue weighted by atomic mass is 10.1. The first-order chi connectivity index (χ1) is 10.8. The molecule has 0 spiro atoms. The molecule has 5 nitrogen and oxygen atoms in total. The lowest BCUT2D eigenvalue weighted by Crippen LogP contribution is -2.45. The van der Waals surface area contributed by atoms with E-state index in [2.05, 4.69) is 10.6 Å². The molecule has 2 heterocycles. The summed E-state index contributed by atoms with van der Waals surface area (Å²) in [5.41, 5.74) is 0.649. The largest absolute Gasteiger partial charge is 0.491 e. The van der Waals surface area contributed by atoms with E-state index in [0.717, 1.165) is 51.1 Å². The first-order valence-electron chi connectivity index (χ1n) is 8.17. The molecule has 6 heteroatoms. The van der Waals surface area contributed by atoms with Crippen molar-refractivity contribution in [1.29, 1.82) is 0 Å². The quantitative estimate of drug-likeness (QED) is 0.862. The SMILES string of the molecule is Cl.O=C(N[C@H]1CCCNC1)c1cccc(OCC2CCCO2)c1. The van der Waals surface area contributed by atoms with Crippen molar-refractivity contribution in [2.75, 3.05) is 26.3 Å². The van der Waals surface area contributed by atoms with Crippen LogP contribution in [0.4, 0.5) is 0 Å². The van der Waals surface area contributed by atoms with Crippen LogP contribution in [-0.4, -0.2) is 44.4 Å². The molecule has 1 aromatic rings. The molecule has 0 aromatic heterocycles. The van der Waals surface area contributed by atoms with Gasteiger partial charge in [0.05, 0.1) is 6.10 Å². The van der Waals surface area contributed by atoms with Gasteiger partial charge in [0, 0.05) is 24.8 Å². The maximum Gasteiger partial charge on any atom is 0.251 e. The molecule has 2 saturated heterocycles. The third-order valence-electron chi connectivity index (χ3n) is 4.19. The van der Waals surface area contributed by atoms with Gasteiger partial charge < -0.3 is 20.1 Å². The Balaban J connectivity index is 0.00000192. The highest BCUT2D eigenvalue weighted by Gasteiger charge is 2.18. The van der Waals surface area contributed by atoms with Crippen molar-refractivity contribution < 1.29 is 14.3 Å². The Bertz CT molecular complexity index is 500.